The van der Waals surface area contributed by atoms with Crippen LogP contribution in [0.1, 0.15) is 57.1 Å². The zero-order valence-corrected chi connectivity index (χ0v) is 12.0. The summed E-state index contributed by atoms with van der Waals surface area (Å²) in [5.41, 5.74) is 5.26. The van der Waals surface area contributed by atoms with Crippen molar-refractivity contribution in [1.29, 1.82) is 0 Å². The Hall–Kier alpha value is -1.30. The molecule has 0 radical (unpaired) electrons. The first-order valence-corrected chi connectivity index (χ1v) is 7.05. The highest BCUT2D eigenvalue weighted by atomic mass is 14.0. The van der Waals surface area contributed by atoms with Gasteiger partial charge < -0.3 is 0 Å². The molecule has 0 spiro atoms. The monoisotopic (exact) mass is 242 g/mol. The summed E-state index contributed by atoms with van der Waals surface area (Å²) in [6.45, 7) is 12.4. The van der Waals surface area contributed by atoms with Crippen LogP contribution < -0.4 is 0 Å². The van der Waals surface area contributed by atoms with Gasteiger partial charge in [-0.05, 0) is 55.7 Å². The molecule has 0 atom stereocenters. The lowest BCUT2D eigenvalue weighted by atomic mass is 9.99. The fourth-order valence-electron chi connectivity index (χ4n) is 2.06. The SMILES string of the molecule is C=C(C)CCCCCC(=C)c1ccc(CC)cc1. The molecule has 1 aromatic carbocycles. The molecule has 0 saturated heterocycles. The fraction of sp³-hybridized carbons (Fsp3) is 0.444. The van der Waals surface area contributed by atoms with Gasteiger partial charge >= 0.3 is 0 Å². The second-order valence-corrected chi connectivity index (χ2v) is 5.17. The van der Waals surface area contributed by atoms with Crippen molar-refractivity contribution in [3.8, 4) is 0 Å². The van der Waals surface area contributed by atoms with Gasteiger partial charge in [0.2, 0.25) is 0 Å². The predicted octanol–water partition coefficient (Wildman–Crippen LogP) is 5.79. The first-order chi connectivity index (χ1) is 8.63. The van der Waals surface area contributed by atoms with Gasteiger partial charge in [0.25, 0.3) is 0 Å². The third kappa shape index (κ3) is 5.35. The Balaban J connectivity index is 2.29. The molecule has 0 heteroatoms. The maximum absolute atomic E-state index is 4.20. The third-order valence-corrected chi connectivity index (χ3v) is 3.35. The fourth-order valence-corrected chi connectivity index (χ4v) is 2.06. The number of rotatable bonds is 8. The smallest absolute Gasteiger partial charge is 0.0230 e. The van der Waals surface area contributed by atoms with E-state index < -0.39 is 0 Å². The maximum Gasteiger partial charge on any atom is -0.0230 e. The van der Waals surface area contributed by atoms with Crippen molar-refractivity contribution in [1.82, 2.24) is 0 Å². The van der Waals surface area contributed by atoms with Crippen LogP contribution in [0.3, 0.4) is 0 Å². The number of benzene rings is 1. The normalized spacial score (nSPS) is 10.3. The van der Waals surface area contributed by atoms with Crippen LogP contribution >= 0.6 is 0 Å². The zero-order chi connectivity index (χ0) is 13.4. The molecule has 0 bridgehead atoms. The van der Waals surface area contributed by atoms with E-state index in [0.29, 0.717) is 0 Å². The molecule has 0 N–H and O–H groups in total. The van der Waals surface area contributed by atoms with Crippen LogP contribution in [0.15, 0.2) is 43.0 Å². The van der Waals surface area contributed by atoms with E-state index in [1.54, 1.807) is 0 Å². The van der Waals surface area contributed by atoms with E-state index in [1.165, 1.54) is 41.5 Å². The average molecular weight is 242 g/mol. The predicted molar refractivity (Wildman–Crippen MR) is 82.8 cm³/mol. The molecule has 0 unspecified atom stereocenters. The molecule has 0 aromatic heterocycles. The summed E-state index contributed by atoms with van der Waals surface area (Å²) < 4.78 is 0. The van der Waals surface area contributed by atoms with Crippen molar-refractivity contribution in [3.05, 3.63) is 54.1 Å². The average Bonchev–Trinajstić information content (AvgIpc) is 2.38. The molecule has 0 amide bonds. The third-order valence-electron chi connectivity index (χ3n) is 3.35. The quantitative estimate of drug-likeness (QED) is 0.400. The highest BCUT2D eigenvalue weighted by Gasteiger charge is 1.99. The molecule has 0 saturated carbocycles. The highest BCUT2D eigenvalue weighted by molar-refractivity contribution is 5.63. The van der Waals surface area contributed by atoms with E-state index in [2.05, 4.69) is 51.3 Å². The minimum atomic E-state index is 1.10. The lowest BCUT2D eigenvalue weighted by Gasteiger charge is -2.07. The number of hydrogen-bond acceptors (Lipinski definition) is 0. The van der Waals surface area contributed by atoms with Crippen LogP contribution in [0.5, 0.6) is 0 Å². The van der Waals surface area contributed by atoms with E-state index in [1.807, 2.05) is 0 Å². The highest BCUT2D eigenvalue weighted by Crippen LogP contribution is 2.20. The van der Waals surface area contributed by atoms with E-state index >= 15 is 0 Å². The Morgan fingerprint density at radius 1 is 0.944 bits per heavy atom. The van der Waals surface area contributed by atoms with Gasteiger partial charge in [-0.3, -0.25) is 0 Å². The zero-order valence-electron chi connectivity index (χ0n) is 12.0. The van der Waals surface area contributed by atoms with Crippen molar-refractivity contribution >= 4 is 5.57 Å². The van der Waals surface area contributed by atoms with Gasteiger partial charge in [0, 0.05) is 0 Å². The molecule has 0 aliphatic rings. The molecule has 0 aliphatic carbocycles. The summed E-state index contributed by atoms with van der Waals surface area (Å²) in [5.74, 6) is 0. The molecule has 0 nitrogen and oxygen atoms in total. The maximum atomic E-state index is 4.20. The molecule has 0 heterocycles. The topological polar surface area (TPSA) is 0 Å². The number of unbranched alkanes of at least 4 members (excludes halogenated alkanes) is 2. The summed E-state index contributed by atoms with van der Waals surface area (Å²) in [6.07, 6.45) is 7.16. The van der Waals surface area contributed by atoms with Gasteiger partial charge in [-0.1, -0.05) is 49.8 Å². The van der Waals surface area contributed by atoms with Crippen molar-refractivity contribution in [2.24, 2.45) is 0 Å². The van der Waals surface area contributed by atoms with Gasteiger partial charge in [0.05, 0.1) is 0 Å². The summed E-state index contributed by atoms with van der Waals surface area (Å²) in [6, 6.07) is 8.83. The second kappa shape index (κ2) is 7.92. The first-order valence-electron chi connectivity index (χ1n) is 7.05. The second-order valence-electron chi connectivity index (χ2n) is 5.17. The number of hydrogen-bond donors (Lipinski definition) is 0. The number of aryl methyl sites for hydroxylation is 1. The Bertz CT molecular complexity index is 381. The molecule has 0 fully saturated rings. The molecule has 1 rings (SSSR count). The molecule has 0 aliphatic heterocycles. The van der Waals surface area contributed by atoms with Crippen molar-refractivity contribution in [3.63, 3.8) is 0 Å². The van der Waals surface area contributed by atoms with Crippen LogP contribution in [0.25, 0.3) is 5.57 Å². The number of allylic oxidation sites excluding steroid dienone is 2. The van der Waals surface area contributed by atoms with Gasteiger partial charge in [-0.15, -0.1) is 6.58 Å². The van der Waals surface area contributed by atoms with Crippen LogP contribution in [0.2, 0.25) is 0 Å². The van der Waals surface area contributed by atoms with E-state index in [-0.39, 0.29) is 0 Å². The Labute approximate surface area is 112 Å². The molecule has 98 valence electrons. The Morgan fingerprint density at radius 3 is 2.11 bits per heavy atom. The van der Waals surface area contributed by atoms with Crippen molar-refractivity contribution in [2.75, 3.05) is 0 Å². The van der Waals surface area contributed by atoms with E-state index in [0.717, 1.165) is 19.3 Å². The van der Waals surface area contributed by atoms with Crippen LogP contribution in [0.4, 0.5) is 0 Å². The minimum Gasteiger partial charge on any atom is -0.100 e. The minimum absolute atomic E-state index is 1.10. The standard InChI is InChI=1S/C18H26/c1-5-17-11-13-18(14-12-17)16(4)10-8-6-7-9-15(2)3/h11-14H,2,4-10H2,1,3H3. The summed E-state index contributed by atoms with van der Waals surface area (Å²) in [5, 5.41) is 0. The summed E-state index contributed by atoms with van der Waals surface area (Å²) in [7, 11) is 0. The van der Waals surface area contributed by atoms with Crippen LogP contribution in [-0.2, 0) is 6.42 Å². The van der Waals surface area contributed by atoms with E-state index in [9.17, 15) is 0 Å². The lowest BCUT2D eigenvalue weighted by Crippen LogP contribution is -1.86. The molecule has 1 aromatic rings. The molecular weight excluding hydrogens is 216 g/mol. The molecule has 18 heavy (non-hydrogen) atoms. The first kappa shape index (κ1) is 14.8. The largest absolute Gasteiger partial charge is 0.100 e. The summed E-state index contributed by atoms with van der Waals surface area (Å²) in [4.78, 5) is 0. The van der Waals surface area contributed by atoms with E-state index in [4.69, 9.17) is 0 Å². The van der Waals surface area contributed by atoms with Crippen LogP contribution in [-0.4, -0.2) is 0 Å². The lowest BCUT2D eigenvalue weighted by molar-refractivity contribution is 0.689. The Kier molecular flexibility index (Phi) is 6.49. The van der Waals surface area contributed by atoms with Crippen molar-refractivity contribution < 1.29 is 0 Å². The Morgan fingerprint density at radius 2 is 1.56 bits per heavy atom. The van der Waals surface area contributed by atoms with Crippen LogP contribution in [0, 0.1) is 0 Å². The van der Waals surface area contributed by atoms with Gasteiger partial charge in [-0.2, -0.15) is 0 Å². The van der Waals surface area contributed by atoms with Gasteiger partial charge in [-0.25, -0.2) is 0 Å². The molecular formula is C18H26. The summed E-state index contributed by atoms with van der Waals surface area (Å²) >= 11 is 0. The van der Waals surface area contributed by atoms with Crippen molar-refractivity contribution in [2.45, 2.75) is 52.4 Å². The van der Waals surface area contributed by atoms with Gasteiger partial charge in [0.1, 0.15) is 0 Å². The van der Waals surface area contributed by atoms with Gasteiger partial charge in [0.15, 0.2) is 0 Å².